The lowest BCUT2D eigenvalue weighted by Crippen LogP contribution is -2.36. The van der Waals surface area contributed by atoms with Gasteiger partial charge >= 0.3 is 0 Å². The number of aromatic nitrogens is 5. The van der Waals surface area contributed by atoms with Crippen LogP contribution in [-0.4, -0.2) is 44.4 Å². The van der Waals surface area contributed by atoms with E-state index in [9.17, 15) is 0 Å². The minimum atomic E-state index is 0.367. The molecule has 0 radical (unpaired) electrons. The van der Waals surface area contributed by atoms with Crippen LogP contribution in [0.15, 0.2) is 18.7 Å². The first kappa shape index (κ1) is 15.7. The summed E-state index contributed by atoms with van der Waals surface area (Å²) < 4.78 is 7.62. The van der Waals surface area contributed by atoms with Crippen LogP contribution in [0.2, 0.25) is 0 Å². The molecule has 0 spiro atoms. The second-order valence-corrected chi connectivity index (χ2v) is 6.12. The topological polar surface area (TPSA) is 69.0 Å². The van der Waals surface area contributed by atoms with E-state index in [-0.39, 0.29) is 0 Å². The molecule has 124 valence electrons. The highest BCUT2D eigenvalue weighted by molar-refractivity contribution is 5.39. The predicted octanol–water partition coefficient (Wildman–Crippen LogP) is 2.43. The second-order valence-electron chi connectivity index (χ2n) is 6.12. The number of piperidine rings is 1. The van der Waals surface area contributed by atoms with Crippen LogP contribution in [0, 0.1) is 0 Å². The third kappa shape index (κ3) is 3.43. The van der Waals surface area contributed by atoms with Crippen molar-refractivity contribution in [3.63, 3.8) is 0 Å². The summed E-state index contributed by atoms with van der Waals surface area (Å²) in [5, 5.41) is 8.46. The van der Waals surface area contributed by atoms with Crippen molar-refractivity contribution in [3.05, 3.63) is 24.5 Å². The fourth-order valence-electron chi connectivity index (χ4n) is 3.05. The van der Waals surface area contributed by atoms with E-state index in [0.29, 0.717) is 24.4 Å². The fraction of sp³-hybridized carbons (Fsp3) is 0.625. The molecule has 1 aliphatic heterocycles. The molecule has 1 fully saturated rings. The van der Waals surface area contributed by atoms with Crippen molar-refractivity contribution in [2.75, 3.05) is 24.6 Å². The molecule has 1 atom stereocenters. The van der Waals surface area contributed by atoms with Crippen molar-refractivity contribution < 1.29 is 4.74 Å². The zero-order chi connectivity index (χ0) is 16.2. The van der Waals surface area contributed by atoms with Crippen molar-refractivity contribution >= 4 is 5.82 Å². The molecule has 23 heavy (non-hydrogen) atoms. The Labute approximate surface area is 136 Å². The van der Waals surface area contributed by atoms with Crippen molar-refractivity contribution in [2.24, 2.45) is 0 Å². The Bertz CT molecular complexity index is 641. The lowest BCUT2D eigenvalue weighted by molar-refractivity contribution is 0.325. The van der Waals surface area contributed by atoms with Crippen molar-refractivity contribution in [1.82, 2.24) is 24.7 Å². The van der Waals surface area contributed by atoms with E-state index in [2.05, 4.69) is 43.5 Å². The monoisotopic (exact) mass is 316 g/mol. The van der Waals surface area contributed by atoms with Crippen LogP contribution in [0.3, 0.4) is 0 Å². The summed E-state index contributed by atoms with van der Waals surface area (Å²) in [7, 11) is 0. The lowest BCUT2D eigenvalue weighted by Gasteiger charge is -2.33. The SMILES string of the molecule is CCOc1cncc(N2CCCC(c3nncn3C(C)C)C2)n1. The summed E-state index contributed by atoms with van der Waals surface area (Å²) in [5.41, 5.74) is 0. The standard InChI is InChI=1S/C16H24N6O/c1-4-23-15-9-17-8-14(19-15)21-7-5-6-13(10-21)16-20-18-11-22(16)12(2)3/h8-9,11-13H,4-7,10H2,1-3H3. The molecule has 1 unspecified atom stereocenters. The second kappa shape index (κ2) is 6.93. The normalized spacial score (nSPS) is 18.4. The van der Waals surface area contributed by atoms with Crippen LogP contribution in [0.1, 0.15) is 51.4 Å². The van der Waals surface area contributed by atoms with Gasteiger partial charge < -0.3 is 14.2 Å². The highest BCUT2D eigenvalue weighted by Gasteiger charge is 2.27. The van der Waals surface area contributed by atoms with Gasteiger partial charge in [0.15, 0.2) is 5.82 Å². The van der Waals surface area contributed by atoms with Gasteiger partial charge in [0.2, 0.25) is 5.88 Å². The van der Waals surface area contributed by atoms with Crippen LogP contribution in [-0.2, 0) is 0 Å². The highest BCUT2D eigenvalue weighted by atomic mass is 16.5. The molecule has 3 rings (SSSR count). The maximum absolute atomic E-state index is 5.46. The van der Waals surface area contributed by atoms with Gasteiger partial charge in [-0.25, -0.2) is 0 Å². The van der Waals surface area contributed by atoms with Crippen LogP contribution in [0.25, 0.3) is 0 Å². The van der Waals surface area contributed by atoms with Gasteiger partial charge in [0.1, 0.15) is 12.2 Å². The zero-order valence-corrected chi connectivity index (χ0v) is 14.0. The number of ether oxygens (including phenoxy) is 1. The van der Waals surface area contributed by atoms with E-state index in [1.54, 1.807) is 12.4 Å². The highest BCUT2D eigenvalue weighted by Crippen LogP contribution is 2.29. The third-order valence-corrected chi connectivity index (χ3v) is 4.16. The number of rotatable bonds is 5. The molecule has 7 nitrogen and oxygen atoms in total. The molecule has 2 aromatic rings. The minimum Gasteiger partial charge on any atom is -0.477 e. The number of anilines is 1. The van der Waals surface area contributed by atoms with Crippen LogP contribution in [0.4, 0.5) is 5.82 Å². The van der Waals surface area contributed by atoms with E-state index in [0.717, 1.165) is 37.6 Å². The molecule has 1 saturated heterocycles. The maximum atomic E-state index is 5.46. The number of nitrogens with zero attached hydrogens (tertiary/aromatic N) is 6. The molecule has 7 heteroatoms. The molecule has 0 aliphatic carbocycles. The van der Waals surface area contributed by atoms with Crippen molar-refractivity contribution in [2.45, 2.75) is 45.6 Å². The van der Waals surface area contributed by atoms with Gasteiger partial charge in [-0.15, -0.1) is 10.2 Å². The number of hydrogen-bond acceptors (Lipinski definition) is 6. The first-order valence-electron chi connectivity index (χ1n) is 8.28. The van der Waals surface area contributed by atoms with Gasteiger partial charge in [-0.05, 0) is 33.6 Å². The van der Waals surface area contributed by atoms with Crippen molar-refractivity contribution in [1.29, 1.82) is 0 Å². The lowest BCUT2D eigenvalue weighted by atomic mass is 9.97. The van der Waals surface area contributed by atoms with Gasteiger partial charge in [0.25, 0.3) is 0 Å². The quantitative estimate of drug-likeness (QED) is 0.844. The summed E-state index contributed by atoms with van der Waals surface area (Å²) in [4.78, 5) is 11.1. The average molecular weight is 316 g/mol. The Morgan fingerprint density at radius 2 is 2.22 bits per heavy atom. The molecule has 0 aromatic carbocycles. The Balaban J connectivity index is 1.78. The summed E-state index contributed by atoms with van der Waals surface area (Å²) >= 11 is 0. The summed E-state index contributed by atoms with van der Waals surface area (Å²) in [6, 6.07) is 0.372. The average Bonchev–Trinajstić information content (AvgIpc) is 3.06. The van der Waals surface area contributed by atoms with Gasteiger partial charge in [0, 0.05) is 25.0 Å². The molecule has 0 saturated carbocycles. The minimum absolute atomic E-state index is 0.367. The Morgan fingerprint density at radius 1 is 1.35 bits per heavy atom. The zero-order valence-electron chi connectivity index (χ0n) is 14.0. The van der Waals surface area contributed by atoms with Gasteiger partial charge in [-0.2, -0.15) is 4.98 Å². The van der Waals surface area contributed by atoms with E-state index in [1.165, 1.54) is 0 Å². The Kier molecular flexibility index (Phi) is 4.73. The first-order valence-corrected chi connectivity index (χ1v) is 8.28. The van der Waals surface area contributed by atoms with Crippen LogP contribution in [0.5, 0.6) is 5.88 Å². The molecular formula is C16H24N6O. The fourth-order valence-corrected chi connectivity index (χ4v) is 3.05. The van der Waals surface area contributed by atoms with Gasteiger partial charge in [-0.3, -0.25) is 4.98 Å². The first-order chi connectivity index (χ1) is 11.2. The maximum Gasteiger partial charge on any atom is 0.234 e. The van der Waals surface area contributed by atoms with Gasteiger partial charge in [-0.1, -0.05) is 0 Å². The summed E-state index contributed by atoms with van der Waals surface area (Å²) in [6.07, 6.45) is 7.52. The molecule has 0 amide bonds. The molecular weight excluding hydrogens is 292 g/mol. The Morgan fingerprint density at radius 3 is 3.00 bits per heavy atom. The van der Waals surface area contributed by atoms with Crippen molar-refractivity contribution in [3.8, 4) is 5.88 Å². The molecule has 0 bridgehead atoms. The van der Waals surface area contributed by atoms with E-state index in [4.69, 9.17) is 4.74 Å². The Hall–Kier alpha value is -2.18. The van der Waals surface area contributed by atoms with E-state index >= 15 is 0 Å². The van der Waals surface area contributed by atoms with Crippen LogP contribution >= 0.6 is 0 Å². The number of hydrogen-bond donors (Lipinski definition) is 0. The predicted molar refractivity (Wildman–Crippen MR) is 87.8 cm³/mol. The van der Waals surface area contributed by atoms with E-state index in [1.807, 2.05) is 13.3 Å². The molecule has 2 aromatic heterocycles. The van der Waals surface area contributed by atoms with E-state index < -0.39 is 0 Å². The summed E-state index contributed by atoms with van der Waals surface area (Å²) in [5.74, 6) is 2.89. The molecule has 3 heterocycles. The smallest absolute Gasteiger partial charge is 0.234 e. The third-order valence-electron chi connectivity index (χ3n) is 4.16. The molecule has 0 N–H and O–H groups in total. The molecule has 1 aliphatic rings. The largest absolute Gasteiger partial charge is 0.477 e. The summed E-state index contributed by atoms with van der Waals surface area (Å²) in [6.45, 7) is 8.73. The van der Waals surface area contributed by atoms with Gasteiger partial charge in [0.05, 0.1) is 19.0 Å². The van der Waals surface area contributed by atoms with Crippen LogP contribution < -0.4 is 9.64 Å².